The number of aryl methyl sites for hydroxylation is 1. The first-order chi connectivity index (χ1) is 20.5. The number of hydrogen-bond donors (Lipinski definition) is 0. The molecule has 1 amide bonds. The van der Waals surface area contributed by atoms with Crippen LogP contribution in [0.2, 0.25) is 0 Å². The van der Waals surface area contributed by atoms with Gasteiger partial charge in [-0.25, -0.2) is 4.39 Å². The molecule has 1 fully saturated rings. The van der Waals surface area contributed by atoms with Crippen molar-refractivity contribution >= 4 is 5.91 Å². The van der Waals surface area contributed by atoms with E-state index in [1.54, 1.807) is 19.2 Å². The minimum Gasteiger partial charge on any atom is -0.497 e. The number of ether oxygens (including phenoxy) is 3. The highest BCUT2D eigenvalue weighted by molar-refractivity contribution is 5.76. The van der Waals surface area contributed by atoms with Crippen LogP contribution in [-0.4, -0.2) is 62.2 Å². The predicted octanol–water partition coefficient (Wildman–Crippen LogP) is 6.52. The van der Waals surface area contributed by atoms with Crippen LogP contribution in [0.5, 0.6) is 17.2 Å². The van der Waals surface area contributed by atoms with Gasteiger partial charge in [0.2, 0.25) is 5.91 Å². The van der Waals surface area contributed by atoms with Crippen molar-refractivity contribution in [2.75, 3.05) is 46.5 Å². The number of carbonyl (C=O) groups is 1. The number of piperidine rings is 1. The summed E-state index contributed by atoms with van der Waals surface area (Å²) in [5, 5.41) is 0. The number of benzene rings is 3. The maximum atomic E-state index is 13.1. The van der Waals surface area contributed by atoms with E-state index in [0.717, 1.165) is 82.7 Å². The normalized spacial score (nSPS) is 17.8. The first kappa shape index (κ1) is 29.9. The standard InChI is InChI=1S/C35H43FN2O4/c1-40-31-13-9-28(10-14-31)26-37-23-25-42-33-8-3-2-6-29(33)7-4-5-18-35(27-37)19-21-38(22-20-35)34(39)17-24-41-32-15-11-30(36)12-16-32/h2-3,6,8-16H,4-5,7,17-27H2,1H3. The van der Waals surface area contributed by atoms with Crippen LogP contribution in [0.15, 0.2) is 72.8 Å². The van der Waals surface area contributed by atoms with E-state index in [-0.39, 0.29) is 17.1 Å². The Kier molecular flexibility index (Phi) is 10.4. The van der Waals surface area contributed by atoms with Crippen LogP contribution >= 0.6 is 0 Å². The summed E-state index contributed by atoms with van der Waals surface area (Å²) in [5.74, 6) is 2.28. The molecule has 0 bridgehead atoms. The van der Waals surface area contributed by atoms with Gasteiger partial charge < -0.3 is 19.1 Å². The van der Waals surface area contributed by atoms with E-state index in [0.29, 0.717) is 25.4 Å². The molecule has 0 saturated carbocycles. The first-order valence-electron chi connectivity index (χ1n) is 15.2. The van der Waals surface area contributed by atoms with Gasteiger partial charge in [-0.05, 0) is 91.1 Å². The van der Waals surface area contributed by atoms with E-state index >= 15 is 0 Å². The quantitative estimate of drug-likeness (QED) is 0.322. The molecule has 0 N–H and O–H groups in total. The Morgan fingerprint density at radius 1 is 0.905 bits per heavy atom. The lowest BCUT2D eigenvalue weighted by molar-refractivity contribution is -0.134. The van der Waals surface area contributed by atoms with E-state index in [1.165, 1.54) is 23.3 Å². The van der Waals surface area contributed by atoms with Gasteiger partial charge in [0.1, 0.15) is 29.7 Å². The third kappa shape index (κ3) is 8.25. The van der Waals surface area contributed by atoms with Gasteiger partial charge in [0.15, 0.2) is 0 Å². The number of halogens is 1. The molecule has 0 aromatic heterocycles. The van der Waals surface area contributed by atoms with Crippen LogP contribution in [0.1, 0.15) is 49.7 Å². The molecule has 224 valence electrons. The van der Waals surface area contributed by atoms with Crippen LogP contribution in [0, 0.1) is 11.2 Å². The summed E-state index contributed by atoms with van der Waals surface area (Å²) in [6, 6.07) is 22.7. The van der Waals surface area contributed by atoms with Crippen molar-refractivity contribution in [2.45, 2.75) is 51.5 Å². The zero-order chi connectivity index (χ0) is 29.2. The fourth-order valence-corrected chi connectivity index (χ4v) is 6.29. The zero-order valence-corrected chi connectivity index (χ0v) is 24.7. The van der Waals surface area contributed by atoms with Crippen molar-refractivity contribution in [2.24, 2.45) is 5.41 Å². The molecule has 2 aliphatic heterocycles. The highest BCUT2D eigenvalue weighted by Gasteiger charge is 2.37. The molecular weight excluding hydrogens is 531 g/mol. The summed E-state index contributed by atoms with van der Waals surface area (Å²) in [4.78, 5) is 17.6. The van der Waals surface area contributed by atoms with Gasteiger partial charge in [-0.1, -0.05) is 36.8 Å². The first-order valence-corrected chi connectivity index (χ1v) is 15.2. The van der Waals surface area contributed by atoms with Crippen molar-refractivity contribution in [1.82, 2.24) is 9.80 Å². The number of likely N-dealkylation sites (tertiary alicyclic amines) is 1. The summed E-state index contributed by atoms with van der Waals surface area (Å²) in [7, 11) is 1.69. The highest BCUT2D eigenvalue weighted by atomic mass is 19.1. The molecule has 0 atom stereocenters. The fraction of sp³-hybridized carbons (Fsp3) is 0.457. The fourth-order valence-electron chi connectivity index (χ4n) is 6.29. The lowest BCUT2D eigenvalue weighted by Gasteiger charge is -2.45. The van der Waals surface area contributed by atoms with E-state index in [9.17, 15) is 9.18 Å². The van der Waals surface area contributed by atoms with Gasteiger partial charge in [-0.2, -0.15) is 0 Å². The monoisotopic (exact) mass is 574 g/mol. The van der Waals surface area contributed by atoms with Gasteiger partial charge in [-0.15, -0.1) is 0 Å². The number of hydrogen-bond acceptors (Lipinski definition) is 5. The molecule has 1 saturated heterocycles. The summed E-state index contributed by atoms with van der Waals surface area (Å²) in [5.41, 5.74) is 2.70. The molecular formula is C35H43FN2O4. The van der Waals surface area contributed by atoms with Gasteiger partial charge >= 0.3 is 0 Å². The molecule has 2 heterocycles. The SMILES string of the molecule is COc1ccc(CN2CCOc3ccccc3CCCCC3(CCN(C(=O)CCOc4ccc(F)cc4)CC3)C2)cc1. The van der Waals surface area contributed by atoms with Crippen molar-refractivity contribution in [3.8, 4) is 17.2 Å². The Bertz CT molecular complexity index is 1270. The maximum absolute atomic E-state index is 13.1. The van der Waals surface area contributed by atoms with Gasteiger partial charge in [0.05, 0.1) is 20.1 Å². The molecule has 5 rings (SSSR count). The third-order valence-electron chi connectivity index (χ3n) is 8.74. The third-order valence-corrected chi connectivity index (χ3v) is 8.74. The van der Waals surface area contributed by atoms with Gasteiger partial charge in [-0.3, -0.25) is 9.69 Å². The second-order valence-corrected chi connectivity index (χ2v) is 11.7. The molecule has 7 heteroatoms. The number of carbonyl (C=O) groups excluding carboxylic acids is 1. The summed E-state index contributed by atoms with van der Waals surface area (Å²) in [6.07, 6.45) is 6.78. The average molecular weight is 575 g/mol. The van der Waals surface area contributed by atoms with Crippen LogP contribution in [0.4, 0.5) is 4.39 Å². The molecule has 0 aliphatic carbocycles. The predicted molar refractivity (Wildman–Crippen MR) is 163 cm³/mol. The lowest BCUT2D eigenvalue weighted by atomic mass is 9.73. The number of methoxy groups -OCH3 is 1. The largest absolute Gasteiger partial charge is 0.497 e. The van der Waals surface area contributed by atoms with Crippen molar-refractivity contribution < 1.29 is 23.4 Å². The number of nitrogens with zero attached hydrogens (tertiary/aromatic N) is 2. The van der Waals surface area contributed by atoms with Crippen molar-refractivity contribution in [3.05, 3.63) is 89.7 Å². The van der Waals surface area contributed by atoms with E-state index < -0.39 is 0 Å². The lowest BCUT2D eigenvalue weighted by Crippen LogP contribution is -2.48. The molecule has 42 heavy (non-hydrogen) atoms. The number of amides is 1. The van der Waals surface area contributed by atoms with E-state index in [2.05, 4.69) is 41.3 Å². The molecule has 3 aromatic carbocycles. The number of fused-ring (bicyclic) bond motifs is 1. The van der Waals surface area contributed by atoms with Crippen LogP contribution in [-0.2, 0) is 17.8 Å². The smallest absolute Gasteiger partial charge is 0.225 e. The summed E-state index contributed by atoms with van der Waals surface area (Å²) >= 11 is 0. The van der Waals surface area contributed by atoms with Crippen molar-refractivity contribution in [3.63, 3.8) is 0 Å². The Labute approximate surface area is 249 Å². The topological polar surface area (TPSA) is 51.2 Å². The number of rotatable bonds is 7. The minimum absolute atomic E-state index is 0.125. The maximum Gasteiger partial charge on any atom is 0.225 e. The summed E-state index contributed by atoms with van der Waals surface area (Å²) in [6.45, 7) is 5.15. The number of para-hydroxylation sites is 1. The molecule has 2 aliphatic rings. The summed E-state index contributed by atoms with van der Waals surface area (Å²) < 4.78 is 30.5. The molecule has 3 aromatic rings. The van der Waals surface area contributed by atoms with Gasteiger partial charge in [0.25, 0.3) is 0 Å². The molecule has 1 spiro atoms. The van der Waals surface area contributed by atoms with Gasteiger partial charge in [0, 0.05) is 32.7 Å². The van der Waals surface area contributed by atoms with Crippen molar-refractivity contribution in [1.29, 1.82) is 0 Å². The Hall–Kier alpha value is -3.58. The van der Waals surface area contributed by atoms with Crippen LogP contribution in [0.25, 0.3) is 0 Å². The molecule has 0 radical (unpaired) electrons. The Morgan fingerprint density at radius 3 is 2.40 bits per heavy atom. The molecule has 0 unspecified atom stereocenters. The Morgan fingerprint density at radius 2 is 1.64 bits per heavy atom. The Balaban J connectivity index is 1.23. The van der Waals surface area contributed by atoms with Crippen LogP contribution in [0.3, 0.4) is 0 Å². The van der Waals surface area contributed by atoms with E-state index in [4.69, 9.17) is 14.2 Å². The second kappa shape index (κ2) is 14.5. The van der Waals surface area contributed by atoms with Crippen LogP contribution < -0.4 is 14.2 Å². The second-order valence-electron chi connectivity index (χ2n) is 11.7. The van der Waals surface area contributed by atoms with E-state index in [1.807, 2.05) is 17.0 Å². The highest BCUT2D eigenvalue weighted by Crippen LogP contribution is 2.39. The average Bonchev–Trinajstić information content (AvgIpc) is 3.01. The minimum atomic E-state index is -0.299. The zero-order valence-electron chi connectivity index (χ0n) is 24.7. The molecule has 6 nitrogen and oxygen atoms in total.